The Labute approximate surface area is 145 Å². The zero-order valence-electron chi connectivity index (χ0n) is 13.5. The lowest BCUT2D eigenvalue weighted by Crippen LogP contribution is -2.03. The number of nitrogens with two attached hydrogens (primary N) is 1. The second-order valence-electron chi connectivity index (χ2n) is 4.87. The minimum absolute atomic E-state index is 0.0721. The van der Waals surface area contributed by atoms with Gasteiger partial charge in [0.05, 0.1) is 25.2 Å². The van der Waals surface area contributed by atoms with Gasteiger partial charge in [0, 0.05) is 6.20 Å². The van der Waals surface area contributed by atoms with E-state index in [-0.39, 0.29) is 28.0 Å². The molecular weight excluding hydrogens is 346 g/mol. The average Bonchev–Trinajstić information content (AvgIpc) is 3.07. The van der Waals surface area contributed by atoms with Gasteiger partial charge in [0.1, 0.15) is 28.7 Å². The van der Waals surface area contributed by atoms with Crippen molar-refractivity contribution < 1.29 is 18.3 Å². The predicted octanol–water partition coefficient (Wildman–Crippen LogP) is 1.50. The van der Waals surface area contributed by atoms with Crippen molar-refractivity contribution in [2.24, 2.45) is 0 Å². The maximum atomic E-state index is 14.3. The summed E-state index contributed by atoms with van der Waals surface area (Å²) in [6.45, 7) is 0. The highest BCUT2D eigenvalue weighted by Crippen LogP contribution is 2.27. The molecule has 0 atom stereocenters. The molecule has 130 valence electrons. The second-order valence-corrected chi connectivity index (χ2v) is 4.87. The van der Waals surface area contributed by atoms with E-state index in [1.54, 1.807) is 0 Å². The van der Waals surface area contributed by atoms with E-state index in [2.05, 4.69) is 32.0 Å². The maximum absolute atomic E-state index is 14.3. The molecule has 0 saturated carbocycles. The van der Waals surface area contributed by atoms with Crippen LogP contribution in [0, 0.1) is 34.8 Å². The lowest BCUT2D eigenvalue weighted by atomic mass is 10.1. The summed E-state index contributed by atoms with van der Waals surface area (Å²) in [4.78, 5) is 7.44. The molecule has 3 rings (SSSR count). The Bertz CT molecular complexity index is 1100. The number of methoxy groups -OCH3 is 2. The number of anilines is 1. The summed E-state index contributed by atoms with van der Waals surface area (Å²) in [6, 6.07) is 1.92. The van der Waals surface area contributed by atoms with Gasteiger partial charge in [-0.05, 0) is 5.92 Å². The Kier molecular flexibility index (Phi) is 4.25. The summed E-state index contributed by atoms with van der Waals surface area (Å²) in [7, 11) is 2.36. The van der Waals surface area contributed by atoms with Gasteiger partial charge in [0.25, 0.3) is 11.8 Å². The van der Waals surface area contributed by atoms with Crippen molar-refractivity contribution in [3.8, 4) is 29.7 Å². The van der Waals surface area contributed by atoms with E-state index in [1.165, 1.54) is 20.4 Å². The lowest BCUT2D eigenvalue weighted by molar-refractivity contribution is 0.327. The van der Waals surface area contributed by atoms with Crippen LogP contribution in [0.15, 0.2) is 6.20 Å². The number of halogens is 2. The third-order valence-corrected chi connectivity index (χ3v) is 3.45. The van der Waals surface area contributed by atoms with Crippen LogP contribution >= 0.6 is 0 Å². The molecule has 0 bridgehead atoms. The molecule has 0 spiro atoms. The standard InChI is InChI=1S/C16H10F2N6O2/c1-25-15-11(17)8(12(18)16(22-15)26-2)3-4-9-10-13(24-23-9)7(5-19)6-21-14(10)20/h6H,1-2H3,(H2,20,21)(H,23,24). The van der Waals surface area contributed by atoms with E-state index in [0.717, 1.165) is 0 Å². The third-order valence-electron chi connectivity index (χ3n) is 3.45. The van der Waals surface area contributed by atoms with Crippen LogP contribution in [-0.2, 0) is 0 Å². The number of nitriles is 1. The molecule has 0 amide bonds. The van der Waals surface area contributed by atoms with Gasteiger partial charge < -0.3 is 15.2 Å². The number of ether oxygens (including phenoxy) is 2. The Hall–Kier alpha value is -3.92. The molecule has 3 N–H and O–H groups in total. The molecule has 0 saturated heterocycles. The number of H-pyrrole nitrogens is 1. The van der Waals surface area contributed by atoms with E-state index in [1.807, 2.05) is 6.07 Å². The molecule has 0 radical (unpaired) electrons. The van der Waals surface area contributed by atoms with E-state index in [4.69, 9.17) is 20.5 Å². The molecule has 3 heterocycles. The maximum Gasteiger partial charge on any atom is 0.254 e. The fourth-order valence-corrected chi connectivity index (χ4v) is 2.22. The number of fused-ring (bicyclic) bond motifs is 1. The van der Waals surface area contributed by atoms with Crippen LogP contribution in [0.2, 0.25) is 0 Å². The number of nitrogen functional groups attached to an aromatic ring is 1. The Balaban J connectivity index is 2.21. The molecule has 0 aliphatic rings. The number of pyridine rings is 2. The SMILES string of the molecule is COc1nc(OC)c(F)c(C#Cc2[nH]nc3c(C#N)cnc(N)c23)c1F. The van der Waals surface area contributed by atoms with Gasteiger partial charge in [0.2, 0.25) is 11.6 Å². The summed E-state index contributed by atoms with van der Waals surface area (Å²) < 4.78 is 38.1. The van der Waals surface area contributed by atoms with Gasteiger partial charge >= 0.3 is 0 Å². The molecular formula is C16H10F2N6O2. The normalized spacial score (nSPS) is 10.1. The average molecular weight is 356 g/mol. The van der Waals surface area contributed by atoms with Crippen LogP contribution in [0.5, 0.6) is 11.8 Å². The van der Waals surface area contributed by atoms with Crippen molar-refractivity contribution in [1.29, 1.82) is 5.26 Å². The first-order valence-corrected chi connectivity index (χ1v) is 7.03. The van der Waals surface area contributed by atoms with Crippen molar-refractivity contribution in [3.63, 3.8) is 0 Å². The first-order valence-electron chi connectivity index (χ1n) is 7.03. The highest BCUT2D eigenvalue weighted by molar-refractivity contribution is 5.95. The van der Waals surface area contributed by atoms with Crippen LogP contribution in [0.3, 0.4) is 0 Å². The highest BCUT2D eigenvalue weighted by Gasteiger charge is 2.21. The molecule has 0 fully saturated rings. The van der Waals surface area contributed by atoms with Crippen molar-refractivity contribution in [1.82, 2.24) is 20.2 Å². The van der Waals surface area contributed by atoms with Gasteiger partial charge in [-0.15, -0.1) is 0 Å². The number of nitrogens with zero attached hydrogens (tertiary/aromatic N) is 4. The van der Waals surface area contributed by atoms with Crippen LogP contribution in [0.4, 0.5) is 14.6 Å². The first kappa shape index (κ1) is 16.9. The van der Waals surface area contributed by atoms with Gasteiger partial charge in [-0.3, -0.25) is 5.10 Å². The molecule has 3 aromatic heterocycles. The second kappa shape index (κ2) is 6.53. The zero-order chi connectivity index (χ0) is 18.8. The van der Waals surface area contributed by atoms with Crippen LogP contribution in [0.25, 0.3) is 10.9 Å². The van der Waals surface area contributed by atoms with Crippen LogP contribution in [0.1, 0.15) is 16.8 Å². The lowest BCUT2D eigenvalue weighted by Gasteiger charge is -2.07. The topological polar surface area (TPSA) is 123 Å². The smallest absolute Gasteiger partial charge is 0.254 e. The Morgan fingerprint density at radius 3 is 2.38 bits per heavy atom. The number of hydrogen-bond acceptors (Lipinski definition) is 7. The van der Waals surface area contributed by atoms with Crippen LogP contribution in [-0.4, -0.2) is 34.4 Å². The Morgan fingerprint density at radius 2 is 1.81 bits per heavy atom. The molecule has 0 unspecified atom stereocenters. The monoisotopic (exact) mass is 356 g/mol. The summed E-state index contributed by atoms with van der Waals surface area (Å²) in [5.41, 5.74) is 5.79. The van der Waals surface area contributed by atoms with Gasteiger partial charge in [-0.25, -0.2) is 4.98 Å². The molecule has 26 heavy (non-hydrogen) atoms. The van der Waals surface area contributed by atoms with E-state index >= 15 is 0 Å². The largest absolute Gasteiger partial charge is 0.479 e. The van der Waals surface area contributed by atoms with E-state index in [9.17, 15) is 8.78 Å². The van der Waals surface area contributed by atoms with Crippen molar-refractivity contribution in [2.45, 2.75) is 0 Å². The number of aromatic amines is 1. The summed E-state index contributed by atoms with van der Waals surface area (Å²) >= 11 is 0. The number of rotatable bonds is 2. The molecule has 3 aromatic rings. The van der Waals surface area contributed by atoms with Gasteiger partial charge in [0.15, 0.2) is 0 Å². The summed E-state index contributed by atoms with van der Waals surface area (Å²) in [5, 5.41) is 15.9. The summed E-state index contributed by atoms with van der Waals surface area (Å²) in [5.74, 6) is 1.89. The van der Waals surface area contributed by atoms with Crippen molar-refractivity contribution in [3.05, 3.63) is 34.7 Å². The van der Waals surface area contributed by atoms with E-state index in [0.29, 0.717) is 0 Å². The number of aromatic nitrogens is 4. The first-order chi connectivity index (χ1) is 12.5. The highest BCUT2D eigenvalue weighted by atomic mass is 19.1. The van der Waals surface area contributed by atoms with Crippen molar-refractivity contribution >= 4 is 16.7 Å². The minimum atomic E-state index is -1.08. The third kappa shape index (κ3) is 2.59. The quantitative estimate of drug-likeness (QED) is 0.667. The molecule has 0 aliphatic carbocycles. The molecule has 10 heteroatoms. The number of hydrogen-bond donors (Lipinski definition) is 2. The minimum Gasteiger partial charge on any atom is -0.479 e. The summed E-state index contributed by atoms with van der Waals surface area (Å²) in [6.07, 6.45) is 1.27. The molecule has 0 aromatic carbocycles. The fourth-order valence-electron chi connectivity index (χ4n) is 2.22. The van der Waals surface area contributed by atoms with E-state index < -0.39 is 29.0 Å². The van der Waals surface area contributed by atoms with Crippen molar-refractivity contribution in [2.75, 3.05) is 20.0 Å². The van der Waals surface area contributed by atoms with Crippen LogP contribution < -0.4 is 15.2 Å². The Morgan fingerprint density at radius 1 is 1.15 bits per heavy atom. The molecule has 0 aliphatic heterocycles. The predicted molar refractivity (Wildman–Crippen MR) is 86.3 cm³/mol. The molecule has 8 nitrogen and oxygen atoms in total. The van der Waals surface area contributed by atoms with Gasteiger partial charge in [-0.1, -0.05) is 5.92 Å². The number of nitrogens with one attached hydrogen (secondary N) is 1. The fraction of sp³-hybridized carbons (Fsp3) is 0.125. The zero-order valence-corrected chi connectivity index (χ0v) is 13.5. The van der Waals surface area contributed by atoms with Gasteiger partial charge in [-0.2, -0.15) is 24.1 Å².